The molecule has 2 rings (SSSR count). The van der Waals surface area contributed by atoms with Gasteiger partial charge in [-0.05, 0) is 13.1 Å². The number of carbonyl (C=O) groups is 1. The lowest BCUT2D eigenvalue weighted by Gasteiger charge is -2.14. The van der Waals surface area contributed by atoms with E-state index in [1.807, 2.05) is 0 Å². The molecule has 0 saturated heterocycles. The number of hydrogen-bond acceptors (Lipinski definition) is 4. The highest BCUT2D eigenvalue weighted by molar-refractivity contribution is 5.82. The zero-order chi connectivity index (χ0) is 10.8. The van der Waals surface area contributed by atoms with Gasteiger partial charge in [-0.15, -0.1) is 0 Å². The van der Waals surface area contributed by atoms with E-state index in [1.165, 1.54) is 0 Å². The summed E-state index contributed by atoms with van der Waals surface area (Å²) in [6, 6.07) is 4.83. The number of ether oxygens (including phenoxy) is 2. The fraction of sp³-hybridized carbons (Fsp3) is 0.300. The number of likely N-dealkylation sites (N-methyl/N-ethyl adjacent to an activating group) is 1. The summed E-state index contributed by atoms with van der Waals surface area (Å²) in [5.41, 5.74) is 5.98. The van der Waals surface area contributed by atoms with Crippen molar-refractivity contribution in [2.45, 2.75) is 6.04 Å². The van der Waals surface area contributed by atoms with Crippen molar-refractivity contribution in [1.82, 2.24) is 5.32 Å². The third-order valence-corrected chi connectivity index (χ3v) is 2.31. The highest BCUT2D eigenvalue weighted by Gasteiger charge is 2.25. The van der Waals surface area contributed by atoms with Gasteiger partial charge in [0.05, 0.1) is 0 Å². The van der Waals surface area contributed by atoms with Crippen LogP contribution in [-0.4, -0.2) is 19.7 Å². The maximum absolute atomic E-state index is 11.2. The number of primary amides is 1. The molecule has 1 atom stereocenters. The van der Waals surface area contributed by atoms with Gasteiger partial charge in [-0.2, -0.15) is 0 Å². The fourth-order valence-corrected chi connectivity index (χ4v) is 1.63. The molecule has 1 amide bonds. The molecule has 0 spiro atoms. The third kappa shape index (κ3) is 1.61. The van der Waals surface area contributed by atoms with Crippen LogP contribution in [0.1, 0.15) is 11.6 Å². The smallest absolute Gasteiger partial charge is 0.239 e. The number of benzene rings is 1. The van der Waals surface area contributed by atoms with Crippen LogP contribution in [0, 0.1) is 0 Å². The van der Waals surface area contributed by atoms with E-state index in [1.54, 1.807) is 25.2 Å². The molecule has 1 aliphatic heterocycles. The van der Waals surface area contributed by atoms with E-state index >= 15 is 0 Å². The van der Waals surface area contributed by atoms with Gasteiger partial charge in [0.2, 0.25) is 12.7 Å². The number of fused-ring (bicyclic) bond motifs is 1. The molecule has 0 aliphatic carbocycles. The van der Waals surface area contributed by atoms with E-state index in [2.05, 4.69) is 5.32 Å². The highest BCUT2D eigenvalue weighted by atomic mass is 16.7. The van der Waals surface area contributed by atoms with Crippen LogP contribution in [-0.2, 0) is 4.79 Å². The second-order valence-corrected chi connectivity index (χ2v) is 3.21. The zero-order valence-corrected chi connectivity index (χ0v) is 8.32. The van der Waals surface area contributed by atoms with Crippen LogP contribution in [0.25, 0.3) is 0 Å². The third-order valence-electron chi connectivity index (χ3n) is 2.31. The van der Waals surface area contributed by atoms with Crippen LogP contribution < -0.4 is 20.5 Å². The Morgan fingerprint density at radius 2 is 2.33 bits per heavy atom. The first-order valence-electron chi connectivity index (χ1n) is 4.59. The molecule has 0 aromatic heterocycles. The predicted molar refractivity (Wildman–Crippen MR) is 53.6 cm³/mol. The molecule has 5 nitrogen and oxygen atoms in total. The molecule has 1 aliphatic rings. The minimum atomic E-state index is -0.554. The number of para-hydroxylation sites is 1. The molecule has 5 heteroatoms. The van der Waals surface area contributed by atoms with Crippen LogP contribution in [0.5, 0.6) is 11.5 Å². The predicted octanol–water partition coefficient (Wildman–Crippen LogP) is 0.161. The number of rotatable bonds is 3. The fourth-order valence-electron chi connectivity index (χ4n) is 1.63. The SMILES string of the molecule is CNC(C(N)=O)c1cccc2c1OCO2. The second-order valence-electron chi connectivity index (χ2n) is 3.21. The Balaban J connectivity index is 2.43. The van der Waals surface area contributed by atoms with Gasteiger partial charge < -0.3 is 20.5 Å². The van der Waals surface area contributed by atoms with E-state index < -0.39 is 11.9 Å². The van der Waals surface area contributed by atoms with Crippen molar-refractivity contribution >= 4 is 5.91 Å². The highest BCUT2D eigenvalue weighted by Crippen LogP contribution is 2.38. The molecule has 0 fully saturated rings. The number of nitrogens with two attached hydrogens (primary N) is 1. The maximum Gasteiger partial charge on any atom is 0.239 e. The largest absolute Gasteiger partial charge is 0.454 e. The summed E-state index contributed by atoms with van der Waals surface area (Å²) in [6.45, 7) is 0.182. The number of amides is 1. The molecule has 1 aromatic rings. The van der Waals surface area contributed by atoms with Crippen molar-refractivity contribution in [1.29, 1.82) is 0 Å². The van der Waals surface area contributed by atoms with Gasteiger partial charge in [0.1, 0.15) is 6.04 Å². The summed E-state index contributed by atoms with van der Waals surface area (Å²) in [5, 5.41) is 2.84. The molecule has 1 heterocycles. The van der Waals surface area contributed by atoms with Crippen molar-refractivity contribution in [2.75, 3.05) is 13.8 Å². The molecule has 0 bridgehead atoms. The van der Waals surface area contributed by atoms with Crippen LogP contribution in [0.15, 0.2) is 18.2 Å². The first-order chi connectivity index (χ1) is 7.24. The van der Waals surface area contributed by atoms with Gasteiger partial charge in [0.25, 0.3) is 0 Å². The Morgan fingerprint density at radius 1 is 1.53 bits per heavy atom. The van der Waals surface area contributed by atoms with Gasteiger partial charge in [0.15, 0.2) is 11.5 Å². The minimum absolute atomic E-state index is 0.182. The summed E-state index contributed by atoms with van der Waals surface area (Å²) >= 11 is 0. The Hall–Kier alpha value is -1.75. The van der Waals surface area contributed by atoms with Crippen molar-refractivity contribution < 1.29 is 14.3 Å². The molecular formula is C10H12N2O3. The van der Waals surface area contributed by atoms with E-state index in [9.17, 15) is 4.79 Å². The molecule has 80 valence electrons. The normalized spacial score (nSPS) is 15.0. The number of nitrogens with one attached hydrogen (secondary N) is 1. The van der Waals surface area contributed by atoms with Crippen LogP contribution in [0.2, 0.25) is 0 Å². The van der Waals surface area contributed by atoms with Crippen LogP contribution in [0.3, 0.4) is 0 Å². The molecule has 1 aromatic carbocycles. The molecule has 15 heavy (non-hydrogen) atoms. The number of hydrogen-bond donors (Lipinski definition) is 2. The van der Waals surface area contributed by atoms with Crippen LogP contribution in [0.4, 0.5) is 0 Å². The van der Waals surface area contributed by atoms with Gasteiger partial charge in [-0.25, -0.2) is 0 Å². The molecule has 0 saturated carbocycles. The minimum Gasteiger partial charge on any atom is -0.454 e. The molecule has 1 unspecified atom stereocenters. The summed E-state index contributed by atoms with van der Waals surface area (Å²) in [7, 11) is 1.67. The maximum atomic E-state index is 11.2. The van der Waals surface area contributed by atoms with Gasteiger partial charge >= 0.3 is 0 Å². The van der Waals surface area contributed by atoms with Crippen molar-refractivity contribution in [3.8, 4) is 11.5 Å². The Kier molecular flexibility index (Phi) is 2.47. The quantitative estimate of drug-likeness (QED) is 0.742. The summed E-state index contributed by atoms with van der Waals surface area (Å²) in [5.74, 6) is 0.797. The van der Waals surface area contributed by atoms with E-state index in [0.29, 0.717) is 17.1 Å². The second kappa shape index (κ2) is 3.78. The van der Waals surface area contributed by atoms with E-state index in [-0.39, 0.29) is 6.79 Å². The van der Waals surface area contributed by atoms with E-state index in [0.717, 1.165) is 0 Å². The Labute approximate surface area is 87.2 Å². The van der Waals surface area contributed by atoms with Gasteiger partial charge in [-0.3, -0.25) is 4.79 Å². The Morgan fingerprint density at radius 3 is 3.00 bits per heavy atom. The lowest BCUT2D eigenvalue weighted by Crippen LogP contribution is -2.31. The first-order valence-corrected chi connectivity index (χ1v) is 4.59. The monoisotopic (exact) mass is 208 g/mol. The van der Waals surface area contributed by atoms with Gasteiger partial charge in [-0.1, -0.05) is 12.1 Å². The van der Waals surface area contributed by atoms with Crippen molar-refractivity contribution in [3.63, 3.8) is 0 Å². The standard InChI is InChI=1S/C10H12N2O3/c1-12-8(10(11)13)6-3-2-4-7-9(6)15-5-14-7/h2-4,8,12H,5H2,1H3,(H2,11,13). The van der Waals surface area contributed by atoms with Crippen LogP contribution >= 0.6 is 0 Å². The average Bonchev–Trinajstić information content (AvgIpc) is 2.66. The van der Waals surface area contributed by atoms with Crippen molar-refractivity contribution in [3.05, 3.63) is 23.8 Å². The number of carbonyl (C=O) groups excluding carboxylic acids is 1. The Bertz CT molecular complexity index is 392. The molecule has 0 radical (unpaired) electrons. The first kappa shape index (κ1) is 9.79. The molecule has 3 N–H and O–H groups in total. The van der Waals surface area contributed by atoms with Gasteiger partial charge in [0, 0.05) is 5.56 Å². The summed E-state index contributed by atoms with van der Waals surface area (Å²) in [6.07, 6.45) is 0. The summed E-state index contributed by atoms with van der Waals surface area (Å²) in [4.78, 5) is 11.2. The topological polar surface area (TPSA) is 73.6 Å². The lowest BCUT2D eigenvalue weighted by atomic mass is 10.0. The zero-order valence-electron chi connectivity index (χ0n) is 8.32. The average molecular weight is 208 g/mol. The lowest BCUT2D eigenvalue weighted by molar-refractivity contribution is -0.120. The molecular weight excluding hydrogens is 196 g/mol. The van der Waals surface area contributed by atoms with E-state index in [4.69, 9.17) is 15.2 Å². The van der Waals surface area contributed by atoms with Crippen molar-refractivity contribution in [2.24, 2.45) is 5.73 Å². The summed E-state index contributed by atoms with van der Waals surface area (Å²) < 4.78 is 10.5.